The van der Waals surface area contributed by atoms with Gasteiger partial charge >= 0.3 is 0 Å². The molecule has 1 aliphatic carbocycles. The van der Waals surface area contributed by atoms with Gasteiger partial charge in [-0.2, -0.15) is 0 Å². The summed E-state index contributed by atoms with van der Waals surface area (Å²) in [7, 11) is 0. The lowest BCUT2D eigenvalue weighted by molar-refractivity contribution is 0.0950. The number of nitrogens with one attached hydrogen (secondary N) is 1. The van der Waals surface area contributed by atoms with E-state index in [2.05, 4.69) is 14.9 Å². The van der Waals surface area contributed by atoms with Crippen molar-refractivity contribution >= 4 is 29.0 Å². The molecule has 0 aromatic carbocycles. The number of alkyl halides is 1. The Balaban J connectivity index is 1.89. The molecule has 1 aromatic heterocycles. The van der Waals surface area contributed by atoms with Crippen molar-refractivity contribution in [2.45, 2.75) is 38.0 Å². The molecule has 94 valence electrons. The maximum Gasteiger partial charge on any atom is 0.264 e. The second-order valence-corrected chi connectivity index (χ2v) is 5.63. The van der Waals surface area contributed by atoms with E-state index in [-0.39, 0.29) is 11.3 Å². The van der Waals surface area contributed by atoms with Gasteiger partial charge in [-0.15, -0.1) is 16.7 Å². The molecule has 4 nitrogen and oxygen atoms in total. The van der Waals surface area contributed by atoms with Gasteiger partial charge in [0.25, 0.3) is 5.91 Å². The number of aryl methyl sites for hydroxylation is 1. The third kappa shape index (κ3) is 2.96. The van der Waals surface area contributed by atoms with E-state index >= 15 is 0 Å². The molecule has 0 radical (unpaired) electrons. The molecule has 6 heteroatoms. The first kappa shape index (κ1) is 12.8. The summed E-state index contributed by atoms with van der Waals surface area (Å²) in [6.07, 6.45) is 4.07. The van der Waals surface area contributed by atoms with Crippen molar-refractivity contribution < 1.29 is 4.79 Å². The van der Waals surface area contributed by atoms with E-state index in [1.165, 1.54) is 0 Å². The molecule has 1 aromatic rings. The van der Waals surface area contributed by atoms with Crippen molar-refractivity contribution in [1.82, 2.24) is 14.9 Å². The molecule has 2 rings (SSSR count). The van der Waals surface area contributed by atoms with Gasteiger partial charge in [0.2, 0.25) is 0 Å². The predicted octanol–water partition coefficient (Wildman–Crippen LogP) is 2.24. The summed E-state index contributed by atoms with van der Waals surface area (Å²) in [5.74, 6) is 0.346. The number of carbonyl (C=O) groups excluding carboxylic acids is 1. The van der Waals surface area contributed by atoms with Gasteiger partial charge in [0.1, 0.15) is 4.88 Å². The number of aromatic nitrogens is 2. The Hall–Kier alpha value is -0.680. The minimum absolute atomic E-state index is 0.0624. The third-order valence-electron chi connectivity index (χ3n) is 3.19. The average Bonchev–Trinajstić information content (AvgIpc) is 2.94. The predicted molar refractivity (Wildman–Crippen MR) is 68.6 cm³/mol. The van der Waals surface area contributed by atoms with Crippen LogP contribution in [0, 0.1) is 5.92 Å². The Morgan fingerprint density at radius 3 is 3.06 bits per heavy atom. The molecule has 2 atom stereocenters. The zero-order chi connectivity index (χ0) is 12.3. The molecule has 0 aliphatic heterocycles. The summed E-state index contributed by atoms with van der Waals surface area (Å²) in [5, 5.41) is 7.08. The van der Waals surface area contributed by atoms with Crippen LogP contribution in [0.3, 0.4) is 0 Å². The van der Waals surface area contributed by atoms with Crippen LogP contribution in [0.4, 0.5) is 0 Å². The summed E-state index contributed by atoms with van der Waals surface area (Å²) in [6.45, 7) is 2.63. The lowest BCUT2D eigenvalue weighted by atomic mass is 10.1. The van der Waals surface area contributed by atoms with Crippen LogP contribution in [0.5, 0.6) is 0 Å². The van der Waals surface area contributed by atoms with Crippen LogP contribution in [0.2, 0.25) is 0 Å². The summed E-state index contributed by atoms with van der Waals surface area (Å²) >= 11 is 7.33. The van der Waals surface area contributed by atoms with E-state index in [9.17, 15) is 4.79 Å². The number of halogens is 1. The number of rotatable bonds is 4. The summed E-state index contributed by atoms with van der Waals surface area (Å²) in [4.78, 5) is 12.6. The highest BCUT2D eigenvalue weighted by atomic mass is 35.5. The summed E-state index contributed by atoms with van der Waals surface area (Å²) < 4.78 is 3.81. The first-order valence-electron chi connectivity index (χ1n) is 5.95. The van der Waals surface area contributed by atoms with Crippen molar-refractivity contribution in [2.75, 3.05) is 6.54 Å². The Kier molecular flexibility index (Phi) is 4.34. The van der Waals surface area contributed by atoms with Crippen molar-refractivity contribution in [3.05, 3.63) is 10.6 Å². The fourth-order valence-corrected chi connectivity index (χ4v) is 3.17. The van der Waals surface area contributed by atoms with E-state index in [4.69, 9.17) is 11.6 Å². The number of amides is 1. The lowest BCUT2D eigenvalue weighted by Crippen LogP contribution is -2.31. The maximum absolute atomic E-state index is 11.9. The van der Waals surface area contributed by atoms with Crippen LogP contribution >= 0.6 is 23.1 Å². The Bertz CT molecular complexity index is 396. The standard InChI is InChI=1S/C11H16ClN3OS/c1-2-9-10(17-15-14-9)11(16)13-6-7-4-3-5-8(7)12/h7-8H,2-6H2,1H3,(H,13,16). The fourth-order valence-electron chi connectivity index (χ4n) is 2.14. The second-order valence-electron chi connectivity index (χ2n) is 4.32. The maximum atomic E-state index is 11.9. The zero-order valence-electron chi connectivity index (χ0n) is 9.78. The normalized spacial score (nSPS) is 23.9. The van der Waals surface area contributed by atoms with E-state index in [1.807, 2.05) is 6.92 Å². The van der Waals surface area contributed by atoms with Crippen molar-refractivity contribution in [3.8, 4) is 0 Å². The molecule has 2 unspecified atom stereocenters. The van der Waals surface area contributed by atoms with Gasteiger partial charge in [-0.1, -0.05) is 17.8 Å². The minimum Gasteiger partial charge on any atom is -0.351 e. The van der Waals surface area contributed by atoms with Crippen molar-refractivity contribution in [3.63, 3.8) is 0 Å². The fraction of sp³-hybridized carbons (Fsp3) is 0.727. The minimum atomic E-state index is -0.0624. The SMILES string of the molecule is CCc1nnsc1C(=O)NCC1CCCC1Cl. The summed E-state index contributed by atoms with van der Waals surface area (Å²) in [5.41, 5.74) is 0.779. The second kappa shape index (κ2) is 5.78. The number of carbonyl (C=O) groups is 1. The lowest BCUT2D eigenvalue weighted by Gasteiger charge is -2.13. The molecular weight excluding hydrogens is 258 g/mol. The zero-order valence-corrected chi connectivity index (χ0v) is 11.4. The molecule has 1 fully saturated rings. The van der Waals surface area contributed by atoms with Crippen LogP contribution < -0.4 is 5.32 Å². The molecule has 1 saturated carbocycles. The van der Waals surface area contributed by atoms with Crippen LogP contribution in [-0.4, -0.2) is 27.4 Å². The van der Waals surface area contributed by atoms with E-state index in [0.29, 0.717) is 17.3 Å². The topological polar surface area (TPSA) is 54.9 Å². The Morgan fingerprint density at radius 2 is 2.41 bits per heavy atom. The molecule has 1 amide bonds. The van der Waals surface area contributed by atoms with Crippen molar-refractivity contribution in [1.29, 1.82) is 0 Å². The van der Waals surface area contributed by atoms with Gasteiger partial charge in [0.15, 0.2) is 0 Å². The molecule has 0 spiro atoms. The molecule has 0 saturated heterocycles. The van der Waals surface area contributed by atoms with E-state index < -0.39 is 0 Å². The highest BCUT2D eigenvalue weighted by Crippen LogP contribution is 2.29. The highest BCUT2D eigenvalue weighted by Gasteiger charge is 2.26. The monoisotopic (exact) mass is 273 g/mol. The molecule has 1 heterocycles. The molecule has 1 aliphatic rings. The van der Waals surface area contributed by atoms with Crippen molar-refractivity contribution in [2.24, 2.45) is 5.92 Å². The van der Waals surface area contributed by atoms with Gasteiger partial charge in [-0.3, -0.25) is 4.79 Å². The van der Waals surface area contributed by atoms with Gasteiger partial charge in [0, 0.05) is 11.9 Å². The molecule has 1 N–H and O–H groups in total. The first-order valence-corrected chi connectivity index (χ1v) is 7.16. The van der Waals surface area contributed by atoms with Crippen LogP contribution in [0.25, 0.3) is 0 Å². The van der Waals surface area contributed by atoms with Gasteiger partial charge in [-0.25, -0.2) is 0 Å². The number of nitrogens with zero attached hydrogens (tertiary/aromatic N) is 2. The largest absolute Gasteiger partial charge is 0.351 e. The van der Waals surface area contributed by atoms with Crippen LogP contribution in [0.1, 0.15) is 41.6 Å². The Morgan fingerprint density at radius 1 is 1.59 bits per heavy atom. The smallest absolute Gasteiger partial charge is 0.264 e. The van der Waals surface area contributed by atoms with Gasteiger partial charge in [-0.05, 0) is 36.7 Å². The van der Waals surface area contributed by atoms with E-state index in [1.54, 1.807) is 0 Å². The first-order chi connectivity index (χ1) is 8.22. The average molecular weight is 274 g/mol. The van der Waals surface area contributed by atoms with Crippen LogP contribution in [0.15, 0.2) is 0 Å². The Labute approximate surface area is 110 Å². The number of hydrogen-bond donors (Lipinski definition) is 1. The third-order valence-corrected chi connectivity index (χ3v) is 4.53. The highest BCUT2D eigenvalue weighted by molar-refractivity contribution is 7.08. The number of hydrogen-bond acceptors (Lipinski definition) is 4. The molecule has 0 bridgehead atoms. The van der Waals surface area contributed by atoms with Crippen LogP contribution in [-0.2, 0) is 6.42 Å². The van der Waals surface area contributed by atoms with E-state index in [0.717, 1.165) is 42.9 Å². The van der Waals surface area contributed by atoms with Gasteiger partial charge in [0.05, 0.1) is 5.69 Å². The molecular formula is C11H16ClN3OS. The quantitative estimate of drug-likeness (QED) is 0.856. The molecule has 17 heavy (non-hydrogen) atoms. The summed E-state index contributed by atoms with van der Waals surface area (Å²) in [6, 6.07) is 0. The van der Waals surface area contributed by atoms with Gasteiger partial charge < -0.3 is 5.32 Å².